The van der Waals surface area contributed by atoms with Crippen LogP contribution in [0.15, 0.2) is 42.6 Å². The second-order valence-electron chi connectivity index (χ2n) is 8.10. The number of nitrogens with zero attached hydrogens (tertiary/aromatic N) is 1. The van der Waals surface area contributed by atoms with Crippen molar-refractivity contribution in [3.63, 3.8) is 0 Å². The lowest BCUT2D eigenvalue weighted by atomic mass is 10.0. The first-order valence-corrected chi connectivity index (χ1v) is 10.6. The van der Waals surface area contributed by atoms with E-state index in [1.165, 1.54) is 6.07 Å². The van der Waals surface area contributed by atoms with E-state index in [0.717, 1.165) is 65.6 Å². The summed E-state index contributed by atoms with van der Waals surface area (Å²) in [6, 6.07) is 10.6. The molecule has 5 N–H and O–H groups in total. The molecular formula is C24H31FN4O2. The van der Waals surface area contributed by atoms with Crippen molar-refractivity contribution in [3.05, 3.63) is 59.5 Å². The third kappa shape index (κ3) is 5.62. The molecule has 166 valence electrons. The molecule has 0 radical (unpaired) electrons. The average molecular weight is 427 g/mol. The molecule has 2 unspecified atom stereocenters. The number of carbonyl (C=O) groups excluding carboxylic acids is 1. The molecule has 0 saturated carbocycles. The van der Waals surface area contributed by atoms with E-state index in [-0.39, 0.29) is 11.9 Å². The Labute approximate surface area is 182 Å². The van der Waals surface area contributed by atoms with E-state index in [9.17, 15) is 14.3 Å². The number of aromatic nitrogens is 1. The summed E-state index contributed by atoms with van der Waals surface area (Å²) >= 11 is 0. The van der Waals surface area contributed by atoms with Gasteiger partial charge < -0.3 is 26.0 Å². The van der Waals surface area contributed by atoms with Gasteiger partial charge in [0.15, 0.2) is 0 Å². The highest BCUT2D eigenvalue weighted by atomic mass is 19.1. The zero-order chi connectivity index (χ0) is 22.4. The predicted molar refractivity (Wildman–Crippen MR) is 124 cm³/mol. The van der Waals surface area contributed by atoms with Crippen molar-refractivity contribution >= 4 is 28.7 Å². The highest BCUT2D eigenvalue weighted by molar-refractivity contribution is 5.84. The number of para-hydroxylation sites is 1. The second-order valence-corrected chi connectivity index (χ2v) is 8.10. The van der Waals surface area contributed by atoms with Crippen LogP contribution in [0.3, 0.4) is 0 Å². The van der Waals surface area contributed by atoms with Gasteiger partial charge in [-0.15, -0.1) is 0 Å². The van der Waals surface area contributed by atoms with Crippen molar-refractivity contribution in [2.75, 3.05) is 23.8 Å². The van der Waals surface area contributed by atoms with Crippen LogP contribution in [0.2, 0.25) is 0 Å². The summed E-state index contributed by atoms with van der Waals surface area (Å²) in [4.78, 5) is 15.8. The molecule has 0 bridgehead atoms. The lowest BCUT2D eigenvalue weighted by Gasteiger charge is -2.23. The summed E-state index contributed by atoms with van der Waals surface area (Å²) in [5.41, 5.74) is 10.4. The van der Waals surface area contributed by atoms with Gasteiger partial charge in [-0.3, -0.25) is 4.79 Å². The molecule has 1 aliphatic heterocycles. The van der Waals surface area contributed by atoms with Crippen LogP contribution in [0, 0.1) is 5.82 Å². The number of amides is 1. The topological polar surface area (TPSA) is 94.4 Å². The Morgan fingerprint density at radius 2 is 2.19 bits per heavy atom. The molecule has 0 fully saturated rings. The molecule has 6 nitrogen and oxygen atoms in total. The van der Waals surface area contributed by atoms with Gasteiger partial charge in [0.05, 0.1) is 17.5 Å². The second kappa shape index (κ2) is 10.4. The van der Waals surface area contributed by atoms with Crippen molar-refractivity contribution in [2.24, 2.45) is 5.73 Å². The number of aliphatic hydroxyl groups excluding tert-OH is 1. The van der Waals surface area contributed by atoms with Crippen molar-refractivity contribution in [2.45, 2.75) is 44.8 Å². The summed E-state index contributed by atoms with van der Waals surface area (Å²) in [6.45, 7) is 2.87. The Morgan fingerprint density at radius 1 is 1.39 bits per heavy atom. The van der Waals surface area contributed by atoms with Gasteiger partial charge in [0.2, 0.25) is 6.41 Å². The normalized spacial score (nSPS) is 16.7. The zero-order valence-electron chi connectivity index (χ0n) is 18.1. The zero-order valence-corrected chi connectivity index (χ0v) is 18.1. The lowest BCUT2D eigenvalue weighted by molar-refractivity contribution is -0.105. The molecule has 1 amide bonds. The molecule has 2 heterocycles. The summed E-state index contributed by atoms with van der Waals surface area (Å²) in [6.07, 6.45) is 5.69. The molecular weight excluding hydrogens is 395 g/mol. The Hall–Kier alpha value is -2.90. The van der Waals surface area contributed by atoms with E-state index >= 15 is 0 Å². The number of halogens is 1. The van der Waals surface area contributed by atoms with E-state index in [4.69, 9.17) is 5.73 Å². The summed E-state index contributed by atoms with van der Waals surface area (Å²) < 4.78 is 13.1. The quantitative estimate of drug-likeness (QED) is 0.462. The van der Waals surface area contributed by atoms with Gasteiger partial charge in [0.25, 0.3) is 0 Å². The fraction of sp³-hybridized carbons (Fsp3) is 0.375. The number of H-pyrrole nitrogens is 1. The number of aromatic amines is 1. The molecule has 7 heteroatoms. The van der Waals surface area contributed by atoms with Crippen LogP contribution in [0.5, 0.6) is 0 Å². The molecule has 4 rings (SSSR count). The van der Waals surface area contributed by atoms with E-state index in [0.29, 0.717) is 6.41 Å². The number of nitrogens with two attached hydrogens (primary N) is 1. The smallest absolute Gasteiger partial charge is 0.211 e. The highest BCUT2D eigenvalue weighted by Crippen LogP contribution is 2.37. The van der Waals surface area contributed by atoms with E-state index < -0.39 is 6.10 Å². The summed E-state index contributed by atoms with van der Waals surface area (Å²) in [7, 11) is 1.98. The van der Waals surface area contributed by atoms with Crippen molar-refractivity contribution in [3.8, 4) is 0 Å². The number of anilines is 2. The minimum absolute atomic E-state index is 0.184. The van der Waals surface area contributed by atoms with Crippen molar-refractivity contribution in [1.29, 1.82) is 0 Å². The van der Waals surface area contributed by atoms with Gasteiger partial charge in [0.1, 0.15) is 5.82 Å². The van der Waals surface area contributed by atoms with Crippen molar-refractivity contribution in [1.82, 2.24) is 4.98 Å². The SMILES string of the molecule is CC(N)CCc1c[nH]c2ccc(F)cc12.CN1CCCC(O)c2cccc(NC=O)c21. The van der Waals surface area contributed by atoms with Crippen LogP contribution >= 0.6 is 0 Å². The fourth-order valence-electron chi connectivity index (χ4n) is 3.97. The molecule has 1 aromatic heterocycles. The molecule has 0 saturated heterocycles. The van der Waals surface area contributed by atoms with Crippen LogP contribution in [0.25, 0.3) is 10.9 Å². The highest BCUT2D eigenvalue weighted by Gasteiger charge is 2.21. The molecule has 2 aromatic carbocycles. The maximum Gasteiger partial charge on any atom is 0.211 e. The standard InChI is InChI=1S/C12H15FN2.C12H16N2O2/c1-8(14)2-3-9-7-15-12-5-4-10(13)6-11(9)12;1-14-7-3-6-11(16)9-4-2-5-10(12(9)14)13-8-15/h4-8,15H,2-3,14H2,1H3;2,4-5,8,11,16H,3,6-7H2,1H3,(H,13,15). The van der Waals surface area contributed by atoms with Crippen LogP contribution in [-0.2, 0) is 11.2 Å². The van der Waals surface area contributed by atoms with Crippen LogP contribution in [-0.4, -0.2) is 36.1 Å². The van der Waals surface area contributed by atoms with Crippen LogP contribution in [0.4, 0.5) is 15.8 Å². The first-order valence-electron chi connectivity index (χ1n) is 10.6. The van der Waals surface area contributed by atoms with E-state index in [2.05, 4.69) is 15.2 Å². The predicted octanol–water partition coefficient (Wildman–Crippen LogP) is 4.11. The number of rotatable bonds is 5. The maximum atomic E-state index is 13.1. The van der Waals surface area contributed by atoms with Gasteiger partial charge in [-0.2, -0.15) is 0 Å². The van der Waals surface area contributed by atoms with Crippen LogP contribution in [0.1, 0.15) is 43.4 Å². The lowest BCUT2D eigenvalue weighted by Crippen LogP contribution is -2.19. The van der Waals surface area contributed by atoms with Gasteiger partial charge in [0, 0.05) is 42.3 Å². The molecule has 2 atom stereocenters. The van der Waals surface area contributed by atoms with Gasteiger partial charge in [-0.1, -0.05) is 12.1 Å². The Bertz CT molecular complexity index is 1020. The minimum Gasteiger partial charge on any atom is -0.388 e. The molecule has 3 aromatic rings. The molecule has 0 aliphatic carbocycles. The third-order valence-corrected chi connectivity index (χ3v) is 5.59. The Kier molecular flexibility index (Phi) is 7.65. The number of nitrogens with one attached hydrogen (secondary N) is 2. The Morgan fingerprint density at radius 3 is 2.94 bits per heavy atom. The van der Waals surface area contributed by atoms with E-state index in [1.54, 1.807) is 12.1 Å². The molecule has 31 heavy (non-hydrogen) atoms. The molecule has 0 spiro atoms. The van der Waals surface area contributed by atoms with E-state index in [1.807, 2.05) is 38.4 Å². The molecule has 1 aliphatic rings. The number of hydrogen-bond acceptors (Lipinski definition) is 4. The Balaban J connectivity index is 0.000000176. The minimum atomic E-state index is -0.437. The summed E-state index contributed by atoms with van der Waals surface area (Å²) in [5, 5.41) is 13.7. The number of benzene rings is 2. The van der Waals surface area contributed by atoms with Gasteiger partial charge in [-0.25, -0.2) is 4.39 Å². The fourth-order valence-corrected chi connectivity index (χ4v) is 3.97. The maximum absolute atomic E-state index is 13.1. The summed E-state index contributed by atoms with van der Waals surface area (Å²) in [5.74, 6) is -0.191. The third-order valence-electron chi connectivity index (χ3n) is 5.59. The van der Waals surface area contributed by atoms with Gasteiger partial charge in [-0.05, 0) is 62.4 Å². The van der Waals surface area contributed by atoms with Gasteiger partial charge >= 0.3 is 0 Å². The number of fused-ring (bicyclic) bond motifs is 2. The van der Waals surface area contributed by atoms with Crippen molar-refractivity contribution < 1.29 is 14.3 Å². The van der Waals surface area contributed by atoms with Crippen LogP contribution < -0.4 is 16.0 Å². The number of hydrogen-bond donors (Lipinski definition) is 4. The number of aliphatic hydroxyl groups is 1. The largest absolute Gasteiger partial charge is 0.388 e. The first-order chi connectivity index (χ1) is 14.9. The average Bonchev–Trinajstić information content (AvgIpc) is 3.07. The number of aryl methyl sites for hydroxylation is 1. The number of carbonyl (C=O) groups is 1. The monoisotopic (exact) mass is 426 g/mol. The first kappa shape index (κ1) is 22.8.